The van der Waals surface area contributed by atoms with Gasteiger partial charge in [0.1, 0.15) is 17.7 Å². The zero-order chi connectivity index (χ0) is 20.5. The number of hydrogen-bond acceptors (Lipinski definition) is 3. The van der Waals surface area contributed by atoms with Crippen LogP contribution in [0.4, 0.5) is 4.39 Å². The topological polar surface area (TPSA) is 42.4 Å². The second-order valence-electron chi connectivity index (χ2n) is 8.08. The lowest BCUT2D eigenvalue weighted by molar-refractivity contribution is 0.0358. The van der Waals surface area contributed by atoms with Gasteiger partial charge in [-0.1, -0.05) is 24.3 Å². The van der Waals surface area contributed by atoms with Crippen molar-refractivity contribution in [3.63, 3.8) is 0 Å². The van der Waals surface area contributed by atoms with E-state index in [9.17, 15) is 9.18 Å². The summed E-state index contributed by atoms with van der Waals surface area (Å²) in [5, 5.41) is 0. The van der Waals surface area contributed by atoms with Crippen molar-refractivity contribution in [2.24, 2.45) is 0 Å². The fourth-order valence-corrected chi connectivity index (χ4v) is 4.76. The van der Waals surface area contributed by atoms with Gasteiger partial charge in [-0.2, -0.15) is 0 Å². The summed E-state index contributed by atoms with van der Waals surface area (Å²) >= 11 is 0. The fraction of sp³-hybridized carbons (Fsp3) is 0.280. The quantitative estimate of drug-likeness (QED) is 0.610. The third-order valence-electron chi connectivity index (χ3n) is 6.17. The molecule has 0 saturated carbocycles. The van der Waals surface area contributed by atoms with Gasteiger partial charge in [0.25, 0.3) is 5.91 Å². The van der Waals surface area contributed by atoms with E-state index < -0.39 is 0 Å². The lowest BCUT2D eigenvalue weighted by Crippen LogP contribution is -2.49. The molecule has 0 N–H and O–H groups in total. The molecule has 1 amide bonds. The van der Waals surface area contributed by atoms with Gasteiger partial charge >= 0.3 is 0 Å². The Kier molecular flexibility index (Phi) is 4.95. The maximum Gasteiger partial charge on any atom is 0.254 e. The highest BCUT2D eigenvalue weighted by Gasteiger charge is 2.44. The third kappa shape index (κ3) is 3.67. The van der Waals surface area contributed by atoms with Crippen molar-refractivity contribution in [1.82, 2.24) is 9.88 Å². The van der Waals surface area contributed by atoms with Gasteiger partial charge in [0.05, 0.1) is 6.20 Å². The van der Waals surface area contributed by atoms with Crippen LogP contribution in [0.1, 0.15) is 36.0 Å². The molecule has 5 rings (SSSR count). The number of benzene rings is 2. The number of ether oxygens (including phenoxy) is 1. The molecule has 0 radical (unpaired) electrons. The SMILES string of the molecule is O=C(c1ccc(-c2ccc(F)cc2)cc1)N1C2CCC1CC(Oc1cccnc1)C2. The molecule has 2 unspecified atom stereocenters. The first-order valence-electron chi connectivity index (χ1n) is 10.4. The molecule has 2 aliphatic heterocycles. The van der Waals surface area contributed by atoms with Crippen LogP contribution in [-0.2, 0) is 0 Å². The molecular weight excluding hydrogens is 379 g/mol. The minimum Gasteiger partial charge on any atom is -0.489 e. The number of amides is 1. The molecule has 2 aromatic carbocycles. The zero-order valence-corrected chi connectivity index (χ0v) is 16.6. The van der Waals surface area contributed by atoms with E-state index in [1.54, 1.807) is 24.5 Å². The molecule has 2 aliphatic rings. The second kappa shape index (κ2) is 7.90. The molecule has 1 aromatic heterocycles. The highest BCUT2D eigenvalue weighted by molar-refractivity contribution is 5.95. The van der Waals surface area contributed by atoms with Crippen molar-refractivity contribution in [2.45, 2.75) is 43.9 Å². The Balaban J connectivity index is 1.28. The van der Waals surface area contributed by atoms with Gasteiger partial charge in [0.15, 0.2) is 0 Å². The number of pyridine rings is 1. The Hall–Kier alpha value is -3.21. The molecule has 2 fully saturated rings. The first-order valence-corrected chi connectivity index (χ1v) is 10.4. The van der Waals surface area contributed by atoms with Gasteiger partial charge in [0, 0.05) is 36.7 Å². The van der Waals surface area contributed by atoms with E-state index in [0.29, 0.717) is 5.56 Å². The van der Waals surface area contributed by atoms with Crippen molar-refractivity contribution in [2.75, 3.05) is 0 Å². The average Bonchev–Trinajstić information content (AvgIpc) is 3.05. The van der Waals surface area contributed by atoms with E-state index in [-0.39, 0.29) is 29.9 Å². The zero-order valence-electron chi connectivity index (χ0n) is 16.6. The van der Waals surface area contributed by atoms with Crippen LogP contribution < -0.4 is 4.74 Å². The highest BCUT2D eigenvalue weighted by atomic mass is 19.1. The van der Waals surface area contributed by atoms with Gasteiger partial charge in [-0.05, 0) is 60.4 Å². The number of hydrogen-bond donors (Lipinski definition) is 0. The van der Waals surface area contributed by atoms with Crippen LogP contribution in [0.25, 0.3) is 11.1 Å². The van der Waals surface area contributed by atoms with Gasteiger partial charge in [0.2, 0.25) is 0 Å². The molecule has 4 nitrogen and oxygen atoms in total. The summed E-state index contributed by atoms with van der Waals surface area (Å²) in [5.74, 6) is 0.628. The van der Waals surface area contributed by atoms with Gasteiger partial charge in [-0.3, -0.25) is 9.78 Å². The normalized spacial score (nSPS) is 22.7. The van der Waals surface area contributed by atoms with Crippen LogP contribution in [0.3, 0.4) is 0 Å². The number of fused-ring (bicyclic) bond motifs is 2. The van der Waals surface area contributed by atoms with Crippen molar-refractivity contribution < 1.29 is 13.9 Å². The monoisotopic (exact) mass is 402 g/mol. The van der Waals surface area contributed by atoms with Crippen molar-refractivity contribution >= 4 is 5.91 Å². The maximum atomic E-state index is 13.2. The summed E-state index contributed by atoms with van der Waals surface area (Å²) in [6, 6.07) is 18.2. The Labute approximate surface area is 175 Å². The predicted octanol–water partition coefficient (Wildman–Crippen LogP) is 5.10. The Morgan fingerprint density at radius 1 is 0.933 bits per heavy atom. The second-order valence-corrected chi connectivity index (χ2v) is 8.08. The van der Waals surface area contributed by atoms with Crippen LogP contribution in [0.5, 0.6) is 5.75 Å². The number of nitrogens with zero attached hydrogens (tertiary/aromatic N) is 2. The molecule has 0 aliphatic carbocycles. The molecule has 2 bridgehead atoms. The first kappa shape index (κ1) is 18.8. The smallest absolute Gasteiger partial charge is 0.254 e. The van der Waals surface area contributed by atoms with Crippen LogP contribution in [0.15, 0.2) is 73.1 Å². The molecule has 30 heavy (non-hydrogen) atoms. The average molecular weight is 402 g/mol. The lowest BCUT2D eigenvalue weighted by atomic mass is 9.97. The van der Waals surface area contributed by atoms with Crippen LogP contribution in [0, 0.1) is 5.82 Å². The Morgan fingerprint density at radius 3 is 2.17 bits per heavy atom. The molecule has 3 heterocycles. The predicted molar refractivity (Wildman–Crippen MR) is 113 cm³/mol. The van der Waals surface area contributed by atoms with Gasteiger partial charge < -0.3 is 9.64 Å². The van der Waals surface area contributed by atoms with E-state index in [4.69, 9.17) is 4.74 Å². The summed E-state index contributed by atoms with van der Waals surface area (Å²) in [6.45, 7) is 0. The summed E-state index contributed by atoms with van der Waals surface area (Å²) < 4.78 is 19.3. The number of aromatic nitrogens is 1. The number of halogens is 1. The lowest BCUT2D eigenvalue weighted by Gasteiger charge is -2.39. The van der Waals surface area contributed by atoms with Crippen LogP contribution in [0.2, 0.25) is 0 Å². The summed E-state index contributed by atoms with van der Waals surface area (Å²) in [4.78, 5) is 19.4. The first-order chi connectivity index (χ1) is 14.7. The van der Waals surface area contributed by atoms with E-state index in [0.717, 1.165) is 42.6 Å². The van der Waals surface area contributed by atoms with Crippen molar-refractivity contribution in [1.29, 1.82) is 0 Å². The van der Waals surface area contributed by atoms with Crippen molar-refractivity contribution in [3.8, 4) is 16.9 Å². The molecule has 2 saturated heterocycles. The number of piperidine rings is 1. The maximum absolute atomic E-state index is 13.2. The van der Waals surface area contributed by atoms with Gasteiger partial charge in [-0.15, -0.1) is 0 Å². The Morgan fingerprint density at radius 2 is 1.57 bits per heavy atom. The summed E-state index contributed by atoms with van der Waals surface area (Å²) in [7, 11) is 0. The molecule has 0 spiro atoms. The van der Waals surface area contributed by atoms with E-state index in [2.05, 4.69) is 9.88 Å². The Bertz CT molecular complexity index is 1010. The van der Waals surface area contributed by atoms with Crippen LogP contribution >= 0.6 is 0 Å². The number of rotatable bonds is 4. The van der Waals surface area contributed by atoms with E-state index >= 15 is 0 Å². The van der Waals surface area contributed by atoms with E-state index in [1.165, 1.54) is 12.1 Å². The standard InChI is InChI=1S/C25H23FN2O2/c26-20-9-7-18(8-10-20)17-3-5-19(6-4-17)25(29)28-21-11-12-22(28)15-24(14-21)30-23-2-1-13-27-16-23/h1-10,13,16,21-22,24H,11-12,14-15H2. The minimum atomic E-state index is -0.253. The third-order valence-corrected chi connectivity index (χ3v) is 6.17. The molecule has 152 valence electrons. The van der Waals surface area contributed by atoms with E-state index in [1.807, 2.05) is 36.4 Å². The van der Waals surface area contributed by atoms with Crippen molar-refractivity contribution in [3.05, 3.63) is 84.4 Å². The largest absolute Gasteiger partial charge is 0.489 e. The minimum absolute atomic E-state index is 0.0907. The highest BCUT2D eigenvalue weighted by Crippen LogP contribution is 2.38. The fourth-order valence-electron chi connectivity index (χ4n) is 4.76. The summed E-state index contributed by atoms with van der Waals surface area (Å²) in [5.41, 5.74) is 2.60. The summed E-state index contributed by atoms with van der Waals surface area (Å²) in [6.07, 6.45) is 7.35. The molecule has 5 heteroatoms. The van der Waals surface area contributed by atoms with Crippen LogP contribution in [-0.4, -0.2) is 34.0 Å². The number of carbonyl (C=O) groups is 1. The molecule has 2 atom stereocenters. The molecule has 3 aromatic rings. The van der Waals surface area contributed by atoms with Gasteiger partial charge in [-0.25, -0.2) is 4.39 Å². The molecular formula is C25H23FN2O2. The number of carbonyl (C=O) groups excluding carboxylic acids is 1.